The largest absolute Gasteiger partial charge is 0.344 e. The SMILES string of the molecule is C/C(=C/c1ccc(-c2ccc(/C(=N/N)NN)cc2)n1C)C(=O)NC(=S)N(C=O)CCc1ccccc1. The molecule has 0 saturated carbocycles. The van der Waals surface area contributed by atoms with E-state index < -0.39 is 0 Å². The summed E-state index contributed by atoms with van der Waals surface area (Å²) in [5.74, 6) is 10.8. The normalized spacial score (nSPS) is 11.6. The summed E-state index contributed by atoms with van der Waals surface area (Å²) in [6.07, 6.45) is 3.02. The van der Waals surface area contributed by atoms with Gasteiger partial charge in [-0.15, -0.1) is 0 Å². The minimum atomic E-state index is -0.374. The van der Waals surface area contributed by atoms with Crippen LogP contribution in [0.2, 0.25) is 0 Å². The third kappa shape index (κ3) is 6.44. The first-order valence-electron chi connectivity index (χ1n) is 11.2. The van der Waals surface area contributed by atoms with Crippen molar-refractivity contribution in [2.75, 3.05) is 6.54 Å². The molecule has 0 aliphatic carbocycles. The van der Waals surface area contributed by atoms with Gasteiger partial charge in [0.05, 0.1) is 0 Å². The van der Waals surface area contributed by atoms with Gasteiger partial charge in [-0.2, -0.15) is 5.10 Å². The molecular weight excluding hydrogens is 474 g/mol. The van der Waals surface area contributed by atoms with Gasteiger partial charge in [0, 0.05) is 36.1 Å². The second-order valence-electron chi connectivity index (χ2n) is 8.02. The molecule has 0 unspecified atom stereocenters. The van der Waals surface area contributed by atoms with Crippen LogP contribution in [0, 0.1) is 0 Å². The number of hydrazone groups is 1. The Morgan fingerprint density at radius 3 is 2.42 bits per heavy atom. The lowest BCUT2D eigenvalue weighted by Crippen LogP contribution is -2.43. The van der Waals surface area contributed by atoms with E-state index in [0.717, 1.165) is 28.1 Å². The number of rotatable bonds is 8. The molecule has 1 aromatic heterocycles. The van der Waals surface area contributed by atoms with Crippen LogP contribution >= 0.6 is 12.2 Å². The lowest BCUT2D eigenvalue weighted by molar-refractivity contribution is -0.116. The molecule has 186 valence electrons. The van der Waals surface area contributed by atoms with Crippen LogP contribution in [0.4, 0.5) is 0 Å². The Morgan fingerprint density at radius 1 is 1.11 bits per heavy atom. The van der Waals surface area contributed by atoms with E-state index in [2.05, 4.69) is 15.8 Å². The van der Waals surface area contributed by atoms with E-state index in [0.29, 0.717) is 30.8 Å². The van der Waals surface area contributed by atoms with Crippen molar-refractivity contribution in [3.63, 3.8) is 0 Å². The molecule has 0 atom stereocenters. The van der Waals surface area contributed by atoms with Gasteiger partial charge < -0.3 is 15.8 Å². The lowest BCUT2D eigenvalue weighted by Gasteiger charge is -2.19. The highest BCUT2D eigenvalue weighted by Gasteiger charge is 2.14. The molecule has 0 bridgehead atoms. The van der Waals surface area contributed by atoms with E-state index in [1.54, 1.807) is 13.0 Å². The van der Waals surface area contributed by atoms with Gasteiger partial charge in [-0.1, -0.05) is 54.6 Å². The first-order valence-corrected chi connectivity index (χ1v) is 11.6. The molecule has 0 radical (unpaired) electrons. The van der Waals surface area contributed by atoms with Crippen LogP contribution in [-0.4, -0.2) is 39.3 Å². The summed E-state index contributed by atoms with van der Waals surface area (Å²) in [6.45, 7) is 2.07. The summed E-state index contributed by atoms with van der Waals surface area (Å²) in [7, 11) is 1.91. The summed E-state index contributed by atoms with van der Waals surface area (Å²) in [4.78, 5) is 25.6. The molecule has 0 spiro atoms. The number of amidine groups is 1. The van der Waals surface area contributed by atoms with E-state index in [-0.39, 0.29) is 11.0 Å². The summed E-state index contributed by atoms with van der Waals surface area (Å²) < 4.78 is 1.97. The Morgan fingerprint density at radius 2 is 1.81 bits per heavy atom. The summed E-state index contributed by atoms with van der Waals surface area (Å²) in [6, 6.07) is 21.2. The molecule has 0 fully saturated rings. The quantitative estimate of drug-likeness (QED) is 0.0710. The number of hydrogen-bond donors (Lipinski definition) is 4. The smallest absolute Gasteiger partial charge is 0.253 e. The Hall–Kier alpha value is -4.28. The van der Waals surface area contributed by atoms with E-state index in [1.807, 2.05) is 78.3 Å². The molecule has 0 aliphatic heterocycles. The van der Waals surface area contributed by atoms with Crippen molar-refractivity contribution in [3.05, 3.63) is 89.1 Å². The van der Waals surface area contributed by atoms with Crippen molar-refractivity contribution in [2.45, 2.75) is 13.3 Å². The average molecular weight is 504 g/mol. The topological polar surface area (TPSA) is 131 Å². The van der Waals surface area contributed by atoms with Crippen LogP contribution in [0.5, 0.6) is 0 Å². The van der Waals surface area contributed by atoms with Crippen LogP contribution in [0.1, 0.15) is 23.7 Å². The van der Waals surface area contributed by atoms with E-state index >= 15 is 0 Å². The Bertz CT molecular complexity index is 1280. The van der Waals surface area contributed by atoms with E-state index in [9.17, 15) is 9.59 Å². The summed E-state index contributed by atoms with van der Waals surface area (Å²) in [5, 5.41) is 6.32. The van der Waals surface area contributed by atoms with Crippen LogP contribution in [0.3, 0.4) is 0 Å². The number of nitrogens with one attached hydrogen (secondary N) is 2. The van der Waals surface area contributed by atoms with Gasteiger partial charge in [0.1, 0.15) is 0 Å². The number of hydrogen-bond acceptors (Lipinski definition) is 6. The zero-order valence-corrected chi connectivity index (χ0v) is 21.0. The number of amides is 2. The third-order valence-corrected chi connectivity index (χ3v) is 6.03. The van der Waals surface area contributed by atoms with Crippen molar-refractivity contribution in [1.29, 1.82) is 0 Å². The maximum absolute atomic E-state index is 12.7. The van der Waals surface area contributed by atoms with Crippen molar-refractivity contribution < 1.29 is 9.59 Å². The lowest BCUT2D eigenvalue weighted by atomic mass is 10.1. The minimum Gasteiger partial charge on any atom is -0.344 e. The molecule has 0 saturated heterocycles. The van der Waals surface area contributed by atoms with Crippen LogP contribution in [0.25, 0.3) is 17.3 Å². The second kappa shape index (κ2) is 12.4. The molecular formula is C26H29N7O2S. The zero-order chi connectivity index (χ0) is 26.1. The molecule has 2 aromatic carbocycles. The van der Waals surface area contributed by atoms with Gasteiger partial charge in [0.25, 0.3) is 5.91 Å². The monoisotopic (exact) mass is 503 g/mol. The molecule has 10 heteroatoms. The van der Waals surface area contributed by atoms with Gasteiger partial charge in [0.2, 0.25) is 6.41 Å². The average Bonchev–Trinajstić information content (AvgIpc) is 3.25. The van der Waals surface area contributed by atoms with Crippen molar-refractivity contribution in [1.82, 2.24) is 20.2 Å². The number of benzene rings is 2. The molecule has 9 nitrogen and oxygen atoms in total. The second-order valence-corrected chi connectivity index (χ2v) is 8.41. The highest BCUT2D eigenvalue weighted by Crippen LogP contribution is 2.23. The molecule has 2 amide bonds. The van der Waals surface area contributed by atoms with Gasteiger partial charge in [0.15, 0.2) is 10.9 Å². The fourth-order valence-electron chi connectivity index (χ4n) is 3.61. The van der Waals surface area contributed by atoms with Crippen LogP contribution in [-0.2, 0) is 23.1 Å². The molecule has 6 N–H and O–H groups in total. The molecule has 36 heavy (non-hydrogen) atoms. The van der Waals surface area contributed by atoms with Crippen LogP contribution < -0.4 is 22.4 Å². The van der Waals surface area contributed by atoms with Gasteiger partial charge >= 0.3 is 0 Å². The zero-order valence-electron chi connectivity index (χ0n) is 20.1. The first kappa shape index (κ1) is 26.3. The number of nitrogens with two attached hydrogens (primary N) is 2. The molecule has 1 heterocycles. The van der Waals surface area contributed by atoms with Crippen molar-refractivity contribution >= 4 is 41.6 Å². The maximum atomic E-state index is 12.7. The maximum Gasteiger partial charge on any atom is 0.253 e. The predicted molar refractivity (Wildman–Crippen MR) is 146 cm³/mol. The number of aromatic nitrogens is 1. The fraction of sp³-hybridized carbons (Fsp3) is 0.154. The van der Waals surface area contributed by atoms with Gasteiger partial charge in [-0.05, 0) is 54.9 Å². The number of hydrazine groups is 1. The highest BCUT2D eigenvalue weighted by molar-refractivity contribution is 7.80. The fourth-order valence-corrected chi connectivity index (χ4v) is 3.83. The molecule has 3 aromatic rings. The number of carbonyl (C=O) groups excluding carboxylic acids is 2. The Labute approximate surface area is 215 Å². The van der Waals surface area contributed by atoms with Crippen LogP contribution in [0.15, 0.2) is 77.4 Å². The number of nitrogens with zero attached hydrogens (tertiary/aromatic N) is 3. The van der Waals surface area contributed by atoms with E-state index in [1.165, 1.54) is 4.90 Å². The summed E-state index contributed by atoms with van der Waals surface area (Å²) >= 11 is 5.29. The molecule has 0 aliphatic rings. The molecule has 3 rings (SSSR count). The predicted octanol–water partition coefficient (Wildman–Crippen LogP) is 2.28. The van der Waals surface area contributed by atoms with Crippen molar-refractivity contribution in [3.8, 4) is 11.3 Å². The Kier molecular flexibility index (Phi) is 9.09. The van der Waals surface area contributed by atoms with Crippen molar-refractivity contribution in [2.24, 2.45) is 23.8 Å². The van der Waals surface area contributed by atoms with Gasteiger partial charge in [-0.25, -0.2) is 5.84 Å². The Balaban J connectivity index is 1.67. The summed E-state index contributed by atoms with van der Waals surface area (Å²) in [5.41, 5.74) is 7.50. The van der Waals surface area contributed by atoms with E-state index in [4.69, 9.17) is 23.9 Å². The first-order chi connectivity index (χ1) is 17.4. The highest BCUT2D eigenvalue weighted by atomic mass is 32.1. The number of thiocarbonyl (C=S) groups is 1. The third-order valence-electron chi connectivity index (χ3n) is 5.70. The standard InChI is InChI=1S/C26H29N7O2S/c1-18(25(35)29-26(36)33(17-34)15-14-19-6-4-3-5-7-19)16-22-12-13-23(32(22)2)20-8-10-21(11-9-20)24(30-27)31-28/h3-13,16-17H,14-15,27-28H2,1-2H3,(H,30,31)(H,29,35,36)/b18-16-. The minimum absolute atomic E-state index is 0.0682. The number of carbonyl (C=O) groups is 2. The van der Waals surface area contributed by atoms with Gasteiger partial charge in [-0.3, -0.25) is 19.8 Å².